The van der Waals surface area contributed by atoms with Crippen LogP contribution in [-0.4, -0.2) is 13.1 Å². The van der Waals surface area contributed by atoms with Crippen molar-refractivity contribution in [3.8, 4) is 0 Å². The predicted octanol–water partition coefficient (Wildman–Crippen LogP) is 4.94. The van der Waals surface area contributed by atoms with Crippen LogP contribution in [0.25, 0.3) is 0 Å². The summed E-state index contributed by atoms with van der Waals surface area (Å²) in [6.45, 7) is 13.7. The van der Waals surface area contributed by atoms with Crippen LogP contribution < -0.4 is 5.32 Å². The van der Waals surface area contributed by atoms with Crippen molar-refractivity contribution in [1.82, 2.24) is 5.32 Å². The first-order chi connectivity index (χ1) is 9.43. The highest BCUT2D eigenvalue weighted by atomic mass is 14.8. The van der Waals surface area contributed by atoms with E-state index in [0.717, 1.165) is 19.0 Å². The van der Waals surface area contributed by atoms with E-state index >= 15 is 0 Å². The molecular formula is C19H33N. The molecule has 1 rings (SSSR count). The second-order valence-electron chi connectivity index (χ2n) is 7.13. The fourth-order valence-corrected chi connectivity index (χ4v) is 2.38. The smallest absolute Gasteiger partial charge is 0.00464 e. The Morgan fingerprint density at radius 3 is 2.20 bits per heavy atom. The van der Waals surface area contributed by atoms with Crippen LogP contribution in [0.1, 0.15) is 65.0 Å². The average Bonchev–Trinajstić information content (AvgIpc) is 2.41. The van der Waals surface area contributed by atoms with Crippen LogP contribution in [0.2, 0.25) is 0 Å². The fraction of sp³-hybridized carbons (Fsp3) is 0.684. The van der Waals surface area contributed by atoms with E-state index < -0.39 is 0 Å². The van der Waals surface area contributed by atoms with Crippen molar-refractivity contribution in [3.63, 3.8) is 0 Å². The lowest BCUT2D eigenvalue weighted by molar-refractivity contribution is 0.470. The highest BCUT2D eigenvalue weighted by Crippen LogP contribution is 2.23. The summed E-state index contributed by atoms with van der Waals surface area (Å²) in [6.07, 6.45) is 5.02. The molecule has 1 heteroatoms. The Morgan fingerprint density at radius 1 is 1.00 bits per heavy atom. The van der Waals surface area contributed by atoms with Gasteiger partial charge in [-0.1, -0.05) is 58.9 Å². The Hall–Kier alpha value is -0.820. The molecular weight excluding hydrogens is 242 g/mol. The van der Waals surface area contributed by atoms with Crippen LogP contribution >= 0.6 is 0 Å². The fourth-order valence-electron chi connectivity index (χ4n) is 2.38. The van der Waals surface area contributed by atoms with Crippen LogP contribution in [0.15, 0.2) is 24.3 Å². The minimum atomic E-state index is 0.261. The molecule has 0 aliphatic rings. The molecule has 0 saturated carbocycles. The summed E-state index contributed by atoms with van der Waals surface area (Å²) in [5.74, 6) is 0.807. The van der Waals surface area contributed by atoms with Crippen LogP contribution in [0, 0.1) is 5.92 Å². The van der Waals surface area contributed by atoms with Gasteiger partial charge in [-0.15, -0.1) is 0 Å². The highest BCUT2D eigenvalue weighted by molar-refractivity contribution is 5.27. The Balaban J connectivity index is 2.31. The second kappa shape index (κ2) is 8.46. The van der Waals surface area contributed by atoms with Crippen LogP contribution in [0.4, 0.5) is 0 Å². The molecule has 1 N–H and O–H groups in total. The third kappa shape index (κ3) is 6.56. The van der Waals surface area contributed by atoms with Crippen molar-refractivity contribution in [1.29, 1.82) is 0 Å². The van der Waals surface area contributed by atoms with Gasteiger partial charge in [-0.3, -0.25) is 0 Å². The molecule has 0 fully saturated rings. The van der Waals surface area contributed by atoms with E-state index in [1.54, 1.807) is 0 Å². The van der Waals surface area contributed by atoms with Gasteiger partial charge in [-0.05, 0) is 61.2 Å². The standard InChI is InChI=1S/C19H33N/c1-6-14-20-15-13-16(2)7-8-17-9-11-18(12-10-17)19(3,4)5/h9-12,16,20H,6-8,13-15H2,1-5H3. The van der Waals surface area contributed by atoms with E-state index in [4.69, 9.17) is 0 Å². The van der Waals surface area contributed by atoms with Gasteiger partial charge in [0, 0.05) is 0 Å². The zero-order valence-electron chi connectivity index (χ0n) is 14.1. The number of nitrogens with one attached hydrogen (secondary N) is 1. The van der Waals surface area contributed by atoms with Gasteiger partial charge < -0.3 is 5.32 Å². The minimum absolute atomic E-state index is 0.261. The maximum Gasteiger partial charge on any atom is -0.00464 e. The highest BCUT2D eigenvalue weighted by Gasteiger charge is 2.12. The molecule has 114 valence electrons. The summed E-state index contributed by atoms with van der Waals surface area (Å²) in [6, 6.07) is 9.21. The van der Waals surface area contributed by atoms with Gasteiger partial charge in [0.1, 0.15) is 0 Å². The molecule has 20 heavy (non-hydrogen) atoms. The maximum atomic E-state index is 3.49. The molecule has 0 aromatic heterocycles. The quantitative estimate of drug-likeness (QED) is 0.662. The average molecular weight is 275 g/mol. The van der Waals surface area contributed by atoms with Gasteiger partial charge in [-0.2, -0.15) is 0 Å². The summed E-state index contributed by atoms with van der Waals surface area (Å²) >= 11 is 0. The SMILES string of the molecule is CCCNCCC(C)CCc1ccc(C(C)(C)C)cc1. The molecule has 1 unspecified atom stereocenters. The molecule has 1 aromatic rings. The molecule has 0 spiro atoms. The summed E-state index contributed by atoms with van der Waals surface area (Å²) < 4.78 is 0. The number of hydrogen-bond donors (Lipinski definition) is 1. The Morgan fingerprint density at radius 2 is 1.65 bits per heavy atom. The molecule has 0 radical (unpaired) electrons. The van der Waals surface area contributed by atoms with Gasteiger partial charge in [-0.25, -0.2) is 0 Å². The van der Waals surface area contributed by atoms with E-state index in [0.29, 0.717) is 0 Å². The summed E-state index contributed by atoms with van der Waals surface area (Å²) in [5.41, 5.74) is 3.17. The first kappa shape index (κ1) is 17.2. The number of rotatable bonds is 8. The zero-order valence-corrected chi connectivity index (χ0v) is 14.1. The lowest BCUT2D eigenvalue weighted by Crippen LogP contribution is -2.18. The summed E-state index contributed by atoms with van der Waals surface area (Å²) in [7, 11) is 0. The predicted molar refractivity (Wildman–Crippen MR) is 90.4 cm³/mol. The summed E-state index contributed by atoms with van der Waals surface area (Å²) in [5, 5.41) is 3.49. The number of aryl methyl sites for hydroxylation is 1. The summed E-state index contributed by atoms with van der Waals surface area (Å²) in [4.78, 5) is 0. The van der Waals surface area contributed by atoms with Gasteiger partial charge in [0.15, 0.2) is 0 Å². The van der Waals surface area contributed by atoms with E-state index in [1.165, 1.54) is 36.8 Å². The molecule has 0 amide bonds. The molecule has 0 heterocycles. The topological polar surface area (TPSA) is 12.0 Å². The molecule has 0 bridgehead atoms. The normalized spacial score (nSPS) is 13.4. The van der Waals surface area contributed by atoms with Crippen LogP contribution in [0.3, 0.4) is 0 Å². The van der Waals surface area contributed by atoms with Gasteiger partial charge in [0.25, 0.3) is 0 Å². The lowest BCUT2D eigenvalue weighted by atomic mass is 9.86. The van der Waals surface area contributed by atoms with Crippen molar-refractivity contribution in [2.45, 2.75) is 65.7 Å². The first-order valence-electron chi connectivity index (χ1n) is 8.23. The van der Waals surface area contributed by atoms with Crippen LogP contribution in [0.5, 0.6) is 0 Å². The van der Waals surface area contributed by atoms with Gasteiger partial charge in [0.2, 0.25) is 0 Å². The van der Waals surface area contributed by atoms with Crippen molar-refractivity contribution in [3.05, 3.63) is 35.4 Å². The zero-order chi connectivity index (χ0) is 15.0. The Labute approximate surface area is 126 Å². The number of hydrogen-bond acceptors (Lipinski definition) is 1. The molecule has 0 aliphatic carbocycles. The van der Waals surface area contributed by atoms with E-state index in [2.05, 4.69) is 64.2 Å². The van der Waals surface area contributed by atoms with Gasteiger partial charge >= 0.3 is 0 Å². The largest absolute Gasteiger partial charge is 0.317 e. The van der Waals surface area contributed by atoms with E-state index in [-0.39, 0.29) is 5.41 Å². The molecule has 1 nitrogen and oxygen atoms in total. The second-order valence-corrected chi connectivity index (χ2v) is 7.13. The third-order valence-corrected chi connectivity index (χ3v) is 3.99. The molecule has 0 aliphatic heterocycles. The van der Waals surface area contributed by atoms with Crippen LogP contribution in [-0.2, 0) is 11.8 Å². The van der Waals surface area contributed by atoms with Gasteiger partial charge in [0.05, 0.1) is 0 Å². The molecule has 1 atom stereocenters. The first-order valence-corrected chi connectivity index (χ1v) is 8.23. The lowest BCUT2D eigenvalue weighted by Gasteiger charge is -2.19. The van der Waals surface area contributed by atoms with Crippen molar-refractivity contribution < 1.29 is 0 Å². The molecule has 0 saturated heterocycles. The van der Waals surface area contributed by atoms with Crippen molar-refractivity contribution in [2.75, 3.05) is 13.1 Å². The van der Waals surface area contributed by atoms with Crippen molar-refractivity contribution in [2.24, 2.45) is 5.92 Å². The van der Waals surface area contributed by atoms with Crippen molar-refractivity contribution >= 4 is 0 Å². The third-order valence-electron chi connectivity index (χ3n) is 3.99. The monoisotopic (exact) mass is 275 g/mol. The van der Waals surface area contributed by atoms with E-state index in [1.807, 2.05) is 0 Å². The Bertz CT molecular complexity index is 358. The Kier molecular flexibility index (Phi) is 7.29. The van der Waals surface area contributed by atoms with E-state index in [9.17, 15) is 0 Å². The molecule has 1 aromatic carbocycles. The number of benzene rings is 1. The minimum Gasteiger partial charge on any atom is -0.317 e. The maximum absolute atomic E-state index is 3.49.